The molecule has 3 rings (SSSR count). The predicted octanol–water partition coefficient (Wildman–Crippen LogP) is 5.02. The third-order valence-corrected chi connectivity index (χ3v) is 5.52. The molecule has 2 nitrogen and oxygen atoms in total. The summed E-state index contributed by atoms with van der Waals surface area (Å²) in [6.45, 7) is 10.4. The van der Waals surface area contributed by atoms with Crippen LogP contribution in [0.25, 0.3) is 0 Å². The molecule has 0 aromatic carbocycles. The highest BCUT2D eigenvalue weighted by molar-refractivity contribution is 5.29. The Morgan fingerprint density at radius 2 is 1.95 bits per heavy atom. The minimum Gasteiger partial charge on any atom is -0.466 e. The molecule has 2 aliphatic rings. The van der Waals surface area contributed by atoms with E-state index in [-0.39, 0.29) is 0 Å². The molecule has 1 N–H and O–H groups in total. The number of furan rings is 1. The Bertz CT molecular complexity index is 480. The van der Waals surface area contributed by atoms with E-state index in [2.05, 4.69) is 39.1 Å². The fourth-order valence-electron chi connectivity index (χ4n) is 4.21. The van der Waals surface area contributed by atoms with Crippen LogP contribution in [0, 0.1) is 24.2 Å². The van der Waals surface area contributed by atoms with Gasteiger partial charge in [-0.25, -0.2) is 0 Å². The highest BCUT2D eigenvalue weighted by Crippen LogP contribution is 2.42. The van der Waals surface area contributed by atoms with E-state index in [0.717, 1.165) is 24.0 Å². The van der Waals surface area contributed by atoms with Crippen LogP contribution in [0.15, 0.2) is 10.5 Å². The molecule has 2 aliphatic carbocycles. The van der Waals surface area contributed by atoms with E-state index in [1.807, 2.05) is 0 Å². The molecule has 0 amide bonds. The average Bonchev–Trinajstić information content (AvgIpc) is 2.76. The first-order chi connectivity index (χ1) is 9.93. The lowest BCUT2D eigenvalue weighted by Gasteiger charge is -2.36. The van der Waals surface area contributed by atoms with E-state index in [4.69, 9.17) is 4.42 Å². The molecule has 0 saturated heterocycles. The van der Waals surface area contributed by atoms with Crippen LogP contribution < -0.4 is 5.32 Å². The summed E-state index contributed by atoms with van der Waals surface area (Å²) in [6, 6.07) is 2.74. The zero-order chi connectivity index (χ0) is 15.0. The molecule has 2 heteroatoms. The Hall–Kier alpha value is -0.760. The molecule has 1 unspecified atom stereocenters. The second kappa shape index (κ2) is 5.79. The Kier molecular flexibility index (Phi) is 4.18. The SMILES string of the molecule is Cc1cc2c(o1)CC(C)(C)CC2NCC1CCC(C)CC1. The van der Waals surface area contributed by atoms with Gasteiger partial charge in [-0.1, -0.05) is 33.6 Å². The molecule has 1 saturated carbocycles. The maximum absolute atomic E-state index is 5.94. The van der Waals surface area contributed by atoms with E-state index in [9.17, 15) is 0 Å². The van der Waals surface area contributed by atoms with Crippen LogP contribution in [0.5, 0.6) is 0 Å². The summed E-state index contributed by atoms with van der Waals surface area (Å²) in [5.41, 5.74) is 1.77. The molecule has 0 bridgehead atoms. The van der Waals surface area contributed by atoms with Gasteiger partial charge in [-0.2, -0.15) is 0 Å². The average molecular weight is 289 g/mol. The Labute approximate surface area is 129 Å². The number of nitrogens with one attached hydrogen (secondary N) is 1. The van der Waals surface area contributed by atoms with Crippen LogP contribution in [0.2, 0.25) is 0 Å². The van der Waals surface area contributed by atoms with E-state index in [1.54, 1.807) is 0 Å². The quantitative estimate of drug-likeness (QED) is 0.845. The third-order valence-electron chi connectivity index (χ3n) is 5.52. The van der Waals surface area contributed by atoms with Gasteiger partial charge in [0, 0.05) is 18.0 Å². The largest absolute Gasteiger partial charge is 0.466 e. The smallest absolute Gasteiger partial charge is 0.109 e. The second-order valence-corrected chi connectivity index (χ2v) is 8.37. The van der Waals surface area contributed by atoms with Gasteiger partial charge < -0.3 is 9.73 Å². The van der Waals surface area contributed by atoms with Gasteiger partial charge in [0.25, 0.3) is 0 Å². The molecule has 21 heavy (non-hydrogen) atoms. The molecule has 1 heterocycles. The van der Waals surface area contributed by atoms with Crippen molar-refractivity contribution < 1.29 is 4.42 Å². The molecule has 118 valence electrons. The molecular formula is C19H31NO. The molecule has 1 aromatic rings. The maximum Gasteiger partial charge on any atom is 0.109 e. The number of fused-ring (bicyclic) bond motifs is 1. The minimum atomic E-state index is 0.343. The number of hydrogen-bond acceptors (Lipinski definition) is 2. The molecule has 1 fully saturated rings. The lowest BCUT2D eigenvalue weighted by molar-refractivity contribution is 0.217. The summed E-state index contributed by atoms with van der Waals surface area (Å²) in [5, 5.41) is 3.87. The molecule has 1 aromatic heterocycles. The van der Waals surface area contributed by atoms with Crippen molar-refractivity contribution in [1.82, 2.24) is 5.32 Å². The van der Waals surface area contributed by atoms with E-state index < -0.39 is 0 Å². The van der Waals surface area contributed by atoms with Gasteiger partial charge in [0.2, 0.25) is 0 Å². The maximum atomic E-state index is 5.94. The Balaban J connectivity index is 1.64. The van der Waals surface area contributed by atoms with E-state index in [0.29, 0.717) is 11.5 Å². The third kappa shape index (κ3) is 3.53. The fraction of sp³-hybridized carbons (Fsp3) is 0.789. The van der Waals surface area contributed by atoms with Crippen molar-refractivity contribution in [3.05, 3.63) is 23.2 Å². The Morgan fingerprint density at radius 1 is 1.24 bits per heavy atom. The molecule has 0 aliphatic heterocycles. The molecular weight excluding hydrogens is 258 g/mol. The zero-order valence-electron chi connectivity index (χ0n) is 14.2. The monoisotopic (exact) mass is 289 g/mol. The lowest BCUT2D eigenvalue weighted by atomic mass is 9.74. The first kappa shape index (κ1) is 15.1. The standard InChI is InChI=1S/C19H31NO/c1-13-5-7-15(8-6-13)12-20-17-10-19(3,4)11-18-16(17)9-14(2)21-18/h9,13,15,17,20H,5-8,10-12H2,1-4H3. The summed E-state index contributed by atoms with van der Waals surface area (Å²) < 4.78 is 5.94. The van der Waals surface area contributed by atoms with Crippen LogP contribution >= 0.6 is 0 Å². The van der Waals surface area contributed by atoms with Crippen molar-refractivity contribution in [3.8, 4) is 0 Å². The summed E-state index contributed by atoms with van der Waals surface area (Å²) >= 11 is 0. The van der Waals surface area contributed by atoms with Crippen LogP contribution in [0.3, 0.4) is 0 Å². The van der Waals surface area contributed by atoms with Crippen molar-refractivity contribution >= 4 is 0 Å². The second-order valence-electron chi connectivity index (χ2n) is 8.37. The first-order valence-electron chi connectivity index (χ1n) is 8.75. The van der Waals surface area contributed by atoms with Gasteiger partial charge in [0.05, 0.1) is 0 Å². The van der Waals surface area contributed by atoms with Crippen LogP contribution in [-0.4, -0.2) is 6.54 Å². The van der Waals surface area contributed by atoms with Crippen molar-refractivity contribution in [2.24, 2.45) is 17.3 Å². The van der Waals surface area contributed by atoms with Gasteiger partial charge in [-0.05, 0) is 56.0 Å². The molecule has 0 radical (unpaired) electrons. The minimum absolute atomic E-state index is 0.343. The first-order valence-corrected chi connectivity index (χ1v) is 8.75. The van der Waals surface area contributed by atoms with Crippen LogP contribution in [0.4, 0.5) is 0 Å². The van der Waals surface area contributed by atoms with Gasteiger partial charge >= 0.3 is 0 Å². The Morgan fingerprint density at radius 3 is 2.67 bits per heavy atom. The number of hydrogen-bond donors (Lipinski definition) is 1. The van der Waals surface area contributed by atoms with Gasteiger partial charge in [-0.3, -0.25) is 0 Å². The molecule has 1 atom stereocenters. The van der Waals surface area contributed by atoms with Crippen molar-refractivity contribution in [3.63, 3.8) is 0 Å². The topological polar surface area (TPSA) is 25.2 Å². The van der Waals surface area contributed by atoms with Crippen molar-refractivity contribution in [1.29, 1.82) is 0 Å². The van der Waals surface area contributed by atoms with Crippen molar-refractivity contribution in [2.75, 3.05) is 6.54 Å². The summed E-state index contributed by atoms with van der Waals surface area (Å²) in [5.74, 6) is 4.11. The zero-order valence-corrected chi connectivity index (χ0v) is 14.2. The van der Waals surface area contributed by atoms with Gasteiger partial charge in [-0.15, -0.1) is 0 Å². The van der Waals surface area contributed by atoms with Crippen LogP contribution in [0.1, 0.15) is 76.0 Å². The van der Waals surface area contributed by atoms with Crippen molar-refractivity contribution in [2.45, 2.75) is 72.3 Å². The van der Waals surface area contributed by atoms with Gasteiger partial charge in [0.15, 0.2) is 0 Å². The summed E-state index contributed by atoms with van der Waals surface area (Å²) in [7, 11) is 0. The summed E-state index contributed by atoms with van der Waals surface area (Å²) in [4.78, 5) is 0. The van der Waals surface area contributed by atoms with E-state index in [1.165, 1.54) is 50.0 Å². The fourth-order valence-corrected chi connectivity index (χ4v) is 4.21. The highest BCUT2D eigenvalue weighted by atomic mass is 16.3. The number of rotatable bonds is 3. The normalized spacial score (nSPS) is 31.9. The van der Waals surface area contributed by atoms with E-state index >= 15 is 0 Å². The predicted molar refractivity (Wildman–Crippen MR) is 87.4 cm³/mol. The number of aryl methyl sites for hydroxylation is 1. The molecule has 0 spiro atoms. The highest BCUT2D eigenvalue weighted by Gasteiger charge is 2.35. The lowest BCUT2D eigenvalue weighted by Crippen LogP contribution is -2.35. The van der Waals surface area contributed by atoms with Gasteiger partial charge in [0.1, 0.15) is 11.5 Å². The van der Waals surface area contributed by atoms with Crippen LogP contribution in [-0.2, 0) is 6.42 Å². The summed E-state index contributed by atoms with van der Waals surface area (Å²) in [6.07, 6.45) is 7.94.